The quantitative estimate of drug-likeness (QED) is 0.377. The molecule has 1 aromatic carbocycles. The molecule has 0 aliphatic carbocycles. The third-order valence-electron chi connectivity index (χ3n) is 3.75. The number of benzene rings is 1. The highest BCUT2D eigenvalue weighted by Crippen LogP contribution is 2.16. The number of guanidine groups is 1. The van der Waals surface area contributed by atoms with E-state index in [1.807, 2.05) is 6.07 Å². The van der Waals surface area contributed by atoms with Crippen molar-refractivity contribution in [3.63, 3.8) is 0 Å². The van der Waals surface area contributed by atoms with E-state index in [0.717, 1.165) is 13.0 Å². The molecule has 0 saturated heterocycles. The number of nitrogens with one attached hydrogen (secondary N) is 3. The zero-order valence-corrected chi connectivity index (χ0v) is 16.3. The number of aryl methyl sites for hydroxylation is 1. The second-order valence-electron chi connectivity index (χ2n) is 5.56. The molecule has 0 atom stereocenters. The van der Waals surface area contributed by atoms with Crippen molar-refractivity contribution in [2.45, 2.75) is 19.9 Å². The van der Waals surface area contributed by atoms with E-state index in [4.69, 9.17) is 4.74 Å². The van der Waals surface area contributed by atoms with E-state index in [1.54, 1.807) is 43.7 Å². The van der Waals surface area contributed by atoms with Crippen LogP contribution in [0.2, 0.25) is 0 Å². The van der Waals surface area contributed by atoms with Crippen molar-refractivity contribution in [1.29, 1.82) is 0 Å². The van der Waals surface area contributed by atoms with Crippen LogP contribution in [0.4, 0.5) is 0 Å². The van der Waals surface area contributed by atoms with Gasteiger partial charge in [-0.2, -0.15) is 0 Å². The Morgan fingerprint density at radius 1 is 1.12 bits per heavy atom. The van der Waals surface area contributed by atoms with Gasteiger partial charge in [-0.1, -0.05) is 13.0 Å². The summed E-state index contributed by atoms with van der Waals surface area (Å²) < 4.78 is 5.13. The van der Waals surface area contributed by atoms with Crippen molar-refractivity contribution >= 4 is 23.2 Å². The van der Waals surface area contributed by atoms with Crippen LogP contribution in [0, 0.1) is 0 Å². The minimum atomic E-state index is -0.126. The number of rotatable bonds is 8. The summed E-state index contributed by atoms with van der Waals surface area (Å²) >= 11 is 1.81. The highest BCUT2D eigenvalue weighted by molar-refractivity contribution is 7.11. The third-order valence-corrected chi connectivity index (χ3v) is 4.98. The summed E-state index contributed by atoms with van der Waals surface area (Å²) in [5.41, 5.74) is 0.580. The van der Waals surface area contributed by atoms with E-state index < -0.39 is 0 Å². The zero-order valence-electron chi connectivity index (χ0n) is 15.5. The van der Waals surface area contributed by atoms with E-state index >= 15 is 0 Å². The van der Waals surface area contributed by atoms with E-state index in [0.29, 0.717) is 30.4 Å². The zero-order chi connectivity index (χ0) is 18.8. The topological polar surface area (TPSA) is 74.8 Å². The van der Waals surface area contributed by atoms with Crippen molar-refractivity contribution in [2.75, 3.05) is 27.2 Å². The molecule has 6 nitrogen and oxygen atoms in total. The predicted octanol–water partition coefficient (Wildman–Crippen LogP) is 2.41. The van der Waals surface area contributed by atoms with Crippen LogP contribution in [0.1, 0.15) is 27.0 Å². The summed E-state index contributed by atoms with van der Waals surface area (Å²) in [5, 5.41) is 9.35. The number of nitrogens with zero attached hydrogens (tertiary/aromatic N) is 1. The Labute approximate surface area is 158 Å². The van der Waals surface area contributed by atoms with Gasteiger partial charge in [0.05, 0.1) is 13.7 Å². The van der Waals surface area contributed by atoms with Crippen molar-refractivity contribution in [3.05, 3.63) is 51.7 Å². The van der Waals surface area contributed by atoms with Crippen LogP contribution in [0.15, 0.2) is 41.4 Å². The van der Waals surface area contributed by atoms with Gasteiger partial charge in [0.15, 0.2) is 5.96 Å². The van der Waals surface area contributed by atoms with Gasteiger partial charge in [0.25, 0.3) is 5.91 Å². The summed E-state index contributed by atoms with van der Waals surface area (Å²) in [5.74, 6) is 1.26. The maximum atomic E-state index is 12.1. The van der Waals surface area contributed by atoms with Gasteiger partial charge in [-0.25, -0.2) is 0 Å². The number of hydrogen-bond donors (Lipinski definition) is 3. The number of hydrogen-bond acceptors (Lipinski definition) is 4. The van der Waals surface area contributed by atoms with Crippen molar-refractivity contribution in [2.24, 2.45) is 4.99 Å². The van der Waals surface area contributed by atoms with Crippen LogP contribution in [-0.2, 0) is 13.0 Å². The fourth-order valence-corrected chi connectivity index (χ4v) is 3.22. The molecular formula is C19H26N4O2S. The van der Waals surface area contributed by atoms with Crippen LogP contribution in [0.3, 0.4) is 0 Å². The Kier molecular flexibility index (Phi) is 7.95. The van der Waals surface area contributed by atoms with Crippen LogP contribution in [0.25, 0.3) is 0 Å². The summed E-state index contributed by atoms with van der Waals surface area (Å²) in [6.45, 7) is 3.97. The fraction of sp³-hybridized carbons (Fsp3) is 0.368. The minimum Gasteiger partial charge on any atom is -0.497 e. The Morgan fingerprint density at radius 2 is 1.88 bits per heavy atom. The molecule has 1 amide bonds. The molecule has 7 heteroatoms. The predicted molar refractivity (Wildman–Crippen MR) is 107 cm³/mol. The number of ether oxygens (including phenoxy) is 1. The first-order valence-corrected chi connectivity index (χ1v) is 9.42. The molecule has 0 unspecified atom stereocenters. The maximum Gasteiger partial charge on any atom is 0.251 e. The molecule has 1 heterocycles. The summed E-state index contributed by atoms with van der Waals surface area (Å²) in [7, 11) is 3.31. The third kappa shape index (κ3) is 6.07. The first-order valence-electron chi connectivity index (χ1n) is 8.60. The number of aliphatic imine (C=N–C) groups is 1. The van der Waals surface area contributed by atoms with Gasteiger partial charge >= 0.3 is 0 Å². The van der Waals surface area contributed by atoms with E-state index in [1.165, 1.54) is 9.75 Å². The number of thiophene rings is 1. The van der Waals surface area contributed by atoms with Gasteiger partial charge < -0.3 is 20.7 Å². The number of amides is 1. The summed E-state index contributed by atoms with van der Waals surface area (Å²) in [4.78, 5) is 19.0. The minimum absolute atomic E-state index is 0.126. The highest BCUT2D eigenvalue weighted by Gasteiger charge is 2.06. The number of carbonyl (C=O) groups is 1. The van der Waals surface area contributed by atoms with Gasteiger partial charge in [0.1, 0.15) is 5.75 Å². The second kappa shape index (κ2) is 10.5. The van der Waals surface area contributed by atoms with Gasteiger partial charge in [-0.05, 0) is 36.8 Å². The first-order chi connectivity index (χ1) is 12.7. The lowest BCUT2D eigenvalue weighted by atomic mass is 10.2. The molecule has 0 bridgehead atoms. The summed E-state index contributed by atoms with van der Waals surface area (Å²) in [6.07, 6.45) is 1.06. The number of methoxy groups -OCH3 is 1. The molecule has 2 aromatic rings. The molecule has 0 radical (unpaired) electrons. The Bertz CT molecular complexity index is 743. The van der Waals surface area contributed by atoms with Crippen molar-refractivity contribution < 1.29 is 9.53 Å². The molecule has 0 aliphatic heterocycles. The van der Waals surface area contributed by atoms with Gasteiger partial charge in [-0.15, -0.1) is 11.3 Å². The molecular weight excluding hydrogens is 348 g/mol. The van der Waals surface area contributed by atoms with Gasteiger partial charge in [0, 0.05) is 35.5 Å². The molecule has 3 N–H and O–H groups in total. The van der Waals surface area contributed by atoms with Crippen LogP contribution in [-0.4, -0.2) is 39.1 Å². The average Bonchev–Trinajstić information content (AvgIpc) is 3.15. The second-order valence-corrected chi connectivity index (χ2v) is 6.81. The smallest absolute Gasteiger partial charge is 0.251 e. The lowest BCUT2D eigenvalue weighted by Gasteiger charge is -2.12. The van der Waals surface area contributed by atoms with Crippen LogP contribution < -0.4 is 20.7 Å². The normalized spacial score (nSPS) is 11.1. The van der Waals surface area contributed by atoms with Crippen LogP contribution >= 0.6 is 11.3 Å². The average molecular weight is 375 g/mol. The summed E-state index contributed by atoms with van der Waals surface area (Å²) in [6, 6.07) is 11.4. The Morgan fingerprint density at radius 3 is 2.58 bits per heavy atom. The highest BCUT2D eigenvalue weighted by atomic mass is 32.1. The van der Waals surface area contributed by atoms with E-state index in [-0.39, 0.29) is 5.91 Å². The van der Waals surface area contributed by atoms with Gasteiger partial charge in [0.2, 0.25) is 0 Å². The molecule has 0 fully saturated rings. The molecule has 1 aromatic heterocycles. The monoisotopic (exact) mass is 374 g/mol. The van der Waals surface area contributed by atoms with Crippen molar-refractivity contribution in [3.8, 4) is 5.75 Å². The maximum absolute atomic E-state index is 12.1. The van der Waals surface area contributed by atoms with Crippen LogP contribution in [0.5, 0.6) is 5.75 Å². The molecule has 0 saturated carbocycles. The van der Waals surface area contributed by atoms with Crippen molar-refractivity contribution in [1.82, 2.24) is 16.0 Å². The molecule has 26 heavy (non-hydrogen) atoms. The number of carbonyl (C=O) groups excluding carboxylic acids is 1. The lowest BCUT2D eigenvalue weighted by Crippen LogP contribution is -2.41. The molecule has 0 spiro atoms. The molecule has 2 rings (SSSR count). The molecule has 0 aliphatic rings. The van der Waals surface area contributed by atoms with Gasteiger partial charge in [-0.3, -0.25) is 9.79 Å². The first kappa shape index (κ1) is 19.8. The fourth-order valence-electron chi connectivity index (χ4n) is 2.32. The lowest BCUT2D eigenvalue weighted by molar-refractivity contribution is 0.0954. The molecule has 140 valence electrons. The SMILES string of the molecule is CCc1ccc(CNC(=NC)NCCNC(=O)c2cccc(OC)c2)s1. The Balaban J connectivity index is 1.70. The van der Waals surface area contributed by atoms with E-state index in [9.17, 15) is 4.79 Å². The Hall–Kier alpha value is -2.54. The standard InChI is InChI=1S/C19H26N4O2S/c1-4-16-8-9-17(26-16)13-23-19(20-2)22-11-10-21-18(24)14-6-5-7-15(12-14)25-3/h5-9,12H,4,10-11,13H2,1-3H3,(H,21,24)(H2,20,22,23). The van der Waals surface area contributed by atoms with E-state index in [2.05, 4.69) is 40.0 Å². The largest absolute Gasteiger partial charge is 0.497 e.